The van der Waals surface area contributed by atoms with Gasteiger partial charge in [0.25, 0.3) is 0 Å². The lowest BCUT2D eigenvalue weighted by Gasteiger charge is -2.27. The molecule has 0 aliphatic heterocycles. The van der Waals surface area contributed by atoms with E-state index in [1.165, 1.54) is 19.2 Å². The zero-order valence-electron chi connectivity index (χ0n) is 14.0. The fourth-order valence-electron chi connectivity index (χ4n) is 2.48. The minimum atomic E-state index is -5.34. The van der Waals surface area contributed by atoms with Gasteiger partial charge in [-0.2, -0.15) is 13.2 Å². The number of nitro groups is 1. The Bertz CT molecular complexity index is 644. The zero-order chi connectivity index (χ0) is 20.1. The summed E-state index contributed by atoms with van der Waals surface area (Å²) in [5, 5.41) is 11.2. The van der Waals surface area contributed by atoms with Gasteiger partial charge in [0.15, 0.2) is 5.92 Å². The van der Waals surface area contributed by atoms with E-state index in [4.69, 9.17) is 4.74 Å². The Morgan fingerprint density at radius 3 is 1.81 bits per heavy atom. The number of hydrogen-bond donors (Lipinski definition) is 0. The summed E-state index contributed by atoms with van der Waals surface area (Å²) >= 11 is 0. The quantitative estimate of drug-likeness (QED) is 0.309. The van der Waals surface area contributed by atoms with Crippen molar-refractivity contribution in [3.63, 3.8) is 0 Å². The maximum absolute atomic E-state index is 13.4. The van der Waals surface area contributed by atoms with Crippen LogP contribution in [0.3, 0.4) is 0 Å². The standard InChI is InChI=1S/C15H16F3NO7/c1-24-9-6-4-8(5-7-9)10(12(19(22)23)15(16,17)18)11(13(20)25-2)14(21)26-3/h4-7,10-12H,1-3H3. The predicted octanol–water partition coefficient (Wildman–Crippen LogP) is 1.95. The molecule has 144 valence electrons. The van der Waals surface area contributed by atoms with Crippen molar-refractivity contribution < 1.29 is 41.9 Å². The molecule has 0 fully saturated rings. The van der Waals surface area contributed by atoms with Crippen molar-refractivity contribution in [2.75, 3.05) is 21.3 Å². The molecule has 1 aromatic rings. The number of rotatable bonds is 7. The molecule has 0 bridgehead atoms. The van der Waals surface area contributed by atoms with Gasteiger partial charge in [-0.15, -0.1) is 0 Å². The monoisotopic (exact) mass is 379 g/mol. The van der Waals surface area contributed by atoms with E-state index in [1.54, 1.807) is 0 Å². The fourth-order valence-corrected chi connectivity index (χ4v) is 2.48. The van der Waals surface area contributed by atoms with Crippen molar-refractivity contribution in [1.29, 1.82) is 0 Å². The van der Waals surface area contributed by atoms with Crippen molar-refractivity contribution in [3.05, 3.63) is 39.9 Å². The van der Waals surface area contributed by atoms with E-state index < -0.39 is 40.9 Å². The molecule has 0 heterocycles. The molecule has 0 saturated heterocycles. The smallest absolute Gasteiger partial charge is 0.458 e. The summed E-state index contributed by atoms with van der Waals surface area (Å²) < 4.78 is 53.8. The first-order chi connectivity index (χ1) is 12.1. The molecule has 8 nitrogen and oxygen atoms in total. The van der Waals surface area contributed by atoms with Crippen molar-refractivity contribution in [1.82, 2.24) is 0 Å². The van der Waals surface area contributed by atoms with Crippen LogP contribution in [0.2, 0.25) is 0 Å². The largest absolute Gasteiger partial charge is 0.497 e. The predicted molar refractivity (Wildman–Crippen MR) is 80.1 cm³/mol. The molecule has 0 aromatic heterocycles. The topological polar surface area (TPSA) is 105 Å². The number of alkyl halides is 3. The van der Waals surface area contributed by atoms with E-state index in [0.29, 0.717) is 0 Å². The second-order valence-corrected chi connectivity index (χ2v) is 5.09. The van der Waals surface area contributed by atoms with Crippen LogP contribution in [0.4, 0.5) is 13.2 Å². The van der Waals surface area contributed by atoms with Crippen LogP contribution in [0.1, 0.15) is 11.5 Å². The lowest BCUT2D eigenvalue weighted by Crippen LogP contribution is -2.48. The molecule has 0 amide bonds. The van der Waals surface area contributed by atoms with Gasteiger partial charge >= 0.3 is 24.2 Å². The molecule has 0 spiro atoms. The molecule has 2 unspecified atom stereocenters. The van der Waals surface area contributed by atoms with E-state index in [1.807, 2.05) is 0 Å². The number of carbonyl (C=O) groups is 2. The normalized spacial score (nSPS) is 13.7. The third-order valence-corrected chi connectivity index (χ3v) is 3.67. The summed E-state index contributed by atoms with van der Waals surface area (Å²) in [5.41, 5.74) is -0.273. The Labute approximate surface area is 146 Å². The number of ether oxygens (including phenoxy) is 3. The van der Waals surface area contributed by atoms with Crippen LogP contribution in [-0.4, -0.2) is 50.4 Å². The van der Waals surface area contributed by atoms with Gasteiger partial charge in [-0.3, -0.25) is 19.7 Å². The summed E-state index contributed by atoms with van der Waals surface area (Å²) in [6.07, 6.45) is -5.34. The first-order valence-electron chi connectivity index (χ1n) is 7.08. The molecule has 0 saturated carbocycles. The summed E-state index contributed by atoms with van der Waals surface area (Å²) in [6, 6.07) is 1.47. The lowest BCUT2D eigenvalue weighted by molar-refractivity contribution is -0.568. The zero-order valence-corrected chi connectivity index (χ0v) is 14.0. The van der Waals surface area contributed by atoms with Gasteiger partial charge in [-0.25, -0.2) is 0 Å². The van der Waals surface area contributed by atoms with Gasteiger partial charge in [-0.1, -0.05) is 12.1 Å². The number of carbonyl (C=O) groups excluding carboxylic acids is 2. The lowest BCUT2D eigenvalue weighted by atomic mass is 9.80. The van der Waals surface area contributed by atoms with Crippen molar-refractivity contribution in [2.24, 2.45) is 5.92 Å². The van der Waals surface area contributed by atoms with Gasteiger partial charge in [0.1, 0.15) is 5.75 Å². The maximum Gasteiger partial charge on any atom is 0.458 e. The molecule has 26 heavy (non-hydrogen) atoms. The Kier molecular flexibility index (Phi) is 6.93. The highest BCUT2D eigenvalue weighted by atomic mass is 19.4. The second-order valence-electron chi connectivity index (χ2n) is 5.09. The van der Waals surface area contributed by atoms with Gasteiger partial charge < -0.3 is 14.2 Å². The number of hydrogen-bond acceptors (Lipinski definition) is 7. The van der Waals surface area contributed by atoms with Gasteiger partial charge in [0, 0.05) is 4.92 Å². The van der Waals surface area contributed by atoms with Crippen molar-refractivity contribution >= 4 is 11.9 Å². The molecule has 0 aliphatic rings. The van der Waals surface area contributed by atoms with Gasteiger partial charge in [0.2, 0.25) is 0 Å². The number of esters is 2. The Balaban J connectivity index is 3.64. The molecule has 0 radical (unpaired) electrons. The highest BCUT2D eigenvalue weighted by molar-refractivity contribution is 5.96. The third kappa shape index (κ3) is 4.61. The van der Waals surface area contributed by atoms with E-state index in [2.05, 4.69) is 9.47 Å². The molecule has 2 atom stereocenters. The van der Waals surface area contributed by atoms with Crippen LogP contribution >= 0.6 is 0 Å². The molecule has 1 rings (SSSR count). The van der Waals surface area contributed by atoms with Crippen molar-refractivity contribution in [2.45, 2.75) is 18.1 Å². The maximum atomic E-state index is 13.4. The number of benzene rings is 1. The van der Waals surface area contributed by atoms with Crippen LogP contribution < -0.4 is 4.74 Å². The molecule has 0 aliphatic carbocycles. The second kappa shape index (κ2) is 8.50. The van der Waals surface area contributed by atoms with E-state index in [-0.39, 0.29) is 11.3 Å². The summed E-state index contributed by atoms with van der Waals surface area (Å²) in [7, 11) is 3.00. The summed E-state index contributed by atoms with van der Waals surface area (Å²) in [5.74, 6) is -6.88. The summed E-state index contributed by atoms with van der Waals surface area (Å²) in [4.78, 5) is 33.5. The van der Waals surface area contributed by atoms with E-state index in [9.17, 15) is 32.9 Å². The van der Waals surface area contributed by atoms with Crippen LogP contribution in [0.5, 0.6) is 5.75 Å². The van der Waals surface area contributed by atoms with Gasteiger partial charge in [0.05, 0.1) is 27.2 Å². The van der Waals surface area contributed by atoms with Crippen LogP contribution in [-0.2, 0) is 19.1 Å². The molecule has 1 aromatic carbocycles. The first-order valence-corrected chi connectivity index (χ1v) is 7.08. The van der Waals surface area contributed by atoms with Crippen LogP contribution in [0.15, 0.2) is 24.3 Å². The molecule has 11 heteroatoms. The molecule has 0 N–H and O–H groups in total. The number of halogens is 3. The van der Waals surface area contributed by atoms with Gasteiger partial charge in [-0.05, 0) is 17.7 Å². The highest BCUT2D eigenvalue weighted by Gasteiger charge is 2.60. The van der Waals surface area contributed by atoms with E-state index in [0.717, 1.165) is 26.4 Å². The SMILES string of the molecule is COC(=O)C(C(=O)OC)C(c1ccc(OC)cc1)C([N+](=O)[O-])C(F)(F)F. The average molecular weight is 379 g/mol. The minimum absolute atomic E-state index is 0.268. The Morgan fingerprint density at radius 2 is 1.50 bits per heavy atom. The number of methoxy groups -OCH3 is 3. The molecular formula is C15H16F3NO7. The van der Waals surface area contributed by atoms with E-state index >= 15 is 0 Å². The third-order valence-electron chi connectivity index (χ3n) is 3.67. The minimum Gasteiger partial charge on any atom is -0.497 e. The fraction of sp³-hybridized carbons (Fsp3) is 0.467. The van der Waals surface area contributed by atoms with Crippen molar-refractivity contribution in [3.8, 4) is 5.75 Å². The summed E-state index contributed by atoms with van der Waals surface area (Å²) in [6.45, 7) is 0. The van der Waals surface area contributed by atoms with Crippen LogP contribution in [0, 0.1) is 16.0 Å². The first kappa shape index (κ1) is 21.2. The highest BCUT2D eigenvalue weighted by Crippen LogP contribution is 2.40. The Hall–Kier alpha value is -2.85. The Morgan fingerprint density at radius 1 is 1.04 bits per heavy atom. The molecular weight excluding hydrogens is 363 g/mol. The number of nitrogens with zero attached hydrogens (tertiary/aromatic N) is 1. The van der Waals surface area contributed by atoms with Crippen LogP contribution in [0.25, 0.3) is 0 Å². The average Bonchev–Trinajstić information content (AvgIpc) is 2.59.